The quantitative estimate of drug-likeness (QED) is 0.804. The van der Waals surface area contributed by atoms with Crippen LogP contribution in [0.4, 0.5) is 5.69 Å². The van der Waals surface area contributed by atoms with E-state index < -0.39 is 0 Å². The Morgan fingerprint density at radius 2 is 1.78 bits per heavy atom. The first kappa shape index (κ1) is 12.2. The van der Waals surface area contributed by atoms with Gasteiger partial charge in [-0.3, -0.25) is 0 Å². The fourth-order valence-electron chi connectivity index (χ4n) is 2.04. The molecule has 0 aliphatic heterocycles. The molecule has 92 valence electrons. The number of hydrogen-bond acceptors (Lipinski definition) is 2. The highest BCUT2D eigenvalue weighted by molar-refractivity contribution is 5.90. The summed E-state index contributed by atoms with van der Waals surface area (Å²) in [5.41, 5.74) is 1.06. The Balaban J connectivity index is 2.47. The highest BCUT2D eigenvalue weighted by Crippen LogP contribution is 2.28. The molecule has 2 aromatic rings. The van der Waals surface area contributed by atoms with E-state index in [0.717, 1.165) is 29.5 Å². The topological polar surface area (TPSA) is 23.5 Å². The SMILES string of the molecule is C=CCN(CC=C)c1ccc2cccc(O)c2c1. The lowest BCUT2D eigenvalue weighted by Gasteiger charge is -2.22. The second kappa shape index (κ2) is 5.41. The lowest BCUT2D eigenvalue weighted by Crippen LogP contribution is -2.22. The summed E-state index contributed by atoms with van der Waals surface area (Å²) in [5.74, 6) is 0.312. The summed E-state index contributed by atoms with van der Waals surface area (Å²) in [4.78, 5) is 2.14. The summed E-state index contributed by atoms with van der Waals surface area (Å²) < 4.78 is 0. The van der Waals surface area contributed by atoms with Crippen LogP contribution in [0.3, 0.4) is 0 Å². The van der Waals surface area contributed by atoms with Gasteiger partial charge in [-0.1, -0.05) is 30.4 Å². The third-order valence-corrected chi connectivity index (χ3v) is 2.91. The zero-order valence-electron chi connectivity index (χ0n) is 10.3. The van der Waals surface area contributed by atoms with Crippen LogP contribution in [0.15, 0.2) is 61.7 Å². The van der Waals surface area contributed by atoms with Crippen LogP contribution in [-0.2, 0) is 0 Å². The maximum Gasteiger partial charge on any atom is 0.123 e. The van der Waals surface area contributed by atoms with Crippen LogP contribution in [0.5, 0.6) is 5.75 Å². The molecule has 1 N–H and O–H groups in total. The molecule has 0 fully saturated rings. The van der Waals surface area contributed by atoms with Crippen molar-refractivity contribution < 1.29 is 5.11 Å². The fourth-order valence-corrected chi connectivity index (χ4v) is 2.04. The van der Waals surface area contributed by atoms with Crippen LogP contribution >= 0.6 is 0 Å². The molecule has 0 amide bonds. The summed E-state index contributed by atoms with van der Waals surface area (Å²) in [6.07, 6.45) is 3.72. The molecule has 18 heavy (non-hydrogen) atoms. The molecular weight excluding hydrogens is 222 g/mol. The van der Waals surface area contributed by atoms with Gasteiger partial charge in [-0.05, 0) is 23.6 Å². The standard InChI is InChI=1S/C16H17NO/c1-3-10-17(11-4-2)14-9-8-13-6-5-7-16(18)15(13)12-14/h3-9,12,18H,1-2,10-11H2. The molecule has 0 radical (unpaired) electrons. The Kier molecular flexibility index (Phi) is 3.68. The normalized spacial score (nSPS) is 10.2. The van der Waals surface area contributed by atoms with E-state index in [9.17, 15) is 5.11 Å². The highest BCUT2D eigenvalue weighted by atomic mass is 16.3. The van der Waals surface area contributed by atoms with E-state index in [1.54, 1.807) is 6.07 Å². The Morgan fingerprint density at radius 1 is 1.06 bits per heavy atom. The van der Waals surface area contributed by atoms with Gasteiger partial charge in [0.25, 0.3) is 0 Å². The van der Waals surface area contributed by atoms with Gasteiger partial charge in [0, 0.05) is 24.2 Å². The second-order valence-corrected chi connectivity index (χ2v) is 4.16. The van der Waals surface area contributed by atoms with Gasteiger partial charge >= 0.3 is 0 Å². The Labute approximate surface area is 107 Å². The van der Waals surface area contributed by atoms with Crippen LogP contribution in [0.25, 0.3) is 10.8 Å². The van der Waals surface area contributed by atoms with E-state index in [0.29, 0.717) is 5.75 Å². The van der Waals surface area contributed by atoms with E-state index in [-0.39, 0.29) is 0 Å². The van der Waals surface area contributed by atoms with Crippen LogP contribution in [0.1, 0.15) is 0 Å². The van der Waals surface area contributed by atoms with Crippen LogP contribution in [0.2, 0.25) is 0 Å². The molecule has 0 aromatic heterocycles. The lowest BCUT2D eigenvalue weighted by atomic mass is 10.1. The predicted molar refractivity (Wildman–Crippen MR) is 78.2 cm³/mol. The summed E-state index contributed by atoms with van der Waals surface area (Å²) in [6.45, 7) is 9.04. The molecule has 0 saturated carbocycles. The molecule has 0 saturated heterocycles. The molecule has 2 rings (SSSR count). The van der Waals surface area contributed by atoms with Gasteiger partial charge in [-0.25, -0.2) is 0 Å². The Morgan fingerprint density at radius 3 is 2.44 bits per heavy atom. The molecule has 0 heterocycles. The Hall–Kier alpha value is -2.22. The van der Waals surface area contributed by atoms with Gasteiger partial charge < -0.3 is 10.0 Å². The van der Waals surface area contributed by atoms with Crippen molar-refractivity contribution in [1.29, 1.82) is 0 Å². The monoisotopic (exact) mass is 239 g/mol. The van der Waals surface area contributed by atoms with Gasteiger partial charge in [0.15, 0.2) is 0 Å². The number of rotatable bonds is 5. The first-order chi connectivity index (χ1) is 8.76. The highest BCUT2D eigenvalue weighted by Gasteiger charge is 2.05. The van der Waals surface area contributed by atoms with Crippen molar-refractivity contribution >= 4 is 16.5 Å². The van der Waals surface area contributed by atoms with E-state index in [1.807, 2.05) is 36.4 Å². The van der Waals surface area contributed by atoms with E-state index in [2.05, 4.69) is 24.1 Å². The minimum absolute atomic E-state index is 0.312. The van der Waals surface area contributed by atoms with Crippen molar-refractivity contribution in [3.8, 4) is 5.75 Å². The summed E-state index contributed by atoms with van der Waals surface area (Å²) in [7, 11) is 0. The van der Waals surface area contributed by atoms with Crippen molar-refractivity contribution in [2.24, 2.45) is 0 Å². The van der Waals surface area contributed by atoms with Crippen LogP contribution in [-0.4, -0.2) is 18.2 Å². The summed E-state index contributed by atoms with van der Waals surface area (Å²) >= 11 is 0. The van der Waals surface area contributed by atoms with Crippen LogP contribution < -0.4 is 4.90 Å². The van der Waals surface area contributed by atoms with Crippen molar-refractivity contribution in [1.82, 2.24) is 0 Å². The van der Waals surface area contributed by atoms with Gasteiger partial charge in [-0.2, -0.15) is 0 Å². The molecule has 2 nitrogen and oxygen atoms in total. The number of aromatic hydroxyl groups is 1. The van der Waals surface area contributed by atoms with Gasteiger partial charge in [0.05, 0.1) is 0 Å². The van der Waals surface area contributed by atoms with Gasteiger partial charge in [-0.15, -0.1) is 13.2 Å². The number of phenols is 1. The third kappa shape index (κ3) is 2.38. The first-order valence-electron chi connectivity index (χ1n) is 5.94. The molecular formula is C16H17NO. The van der Waals surface area contributed by atoms with E-state index >= 15 is 0 Å². The van der Waals surface area contributed by atoms with Gasteiger partial charge in [0.2, 0.25) is 0 Å². The summed E-state index contributed by atoms with van der Waals surface area (Å²) in [6, 6.07) is 11.6. The molecule has 2 aromatic carbocycles. The zero-order valence-corrected chi connectivity index (χ0v) is 10.3. The maximum atomic E-state index is 9.88. The van der Waals surface area contributed by atoms with Crippen LogP contribution in [0, 0.1) is 0 Å². The smallest absolute Gasteiger partial charge is 0.123 e. The summed E-state index contributed by atoms with van der Waals surface area (Å²) in [5, 5.41) is 11.8. The molecule has 0 spiro atoms. The number of benzene rings is 2. The largest absolute Gasteiger partial charge is 0.507 e. The molecule has 0 unspecified atom stereocenters. The van der Waals surface area contributed by atoms with Crippen molar-refractivity contribution in [3.05, 3.63) is 61.7 Å². The number of phenolic OH excluding ortho intramolecular Hbond substituents is 1. The number of fused-ring (bicyclic) bond motifs is 1. The lowest BCUT2D eigenvalue weighted by molar-refractivity contribution is 0.481. The average Bonchev–Trinajstić information content (AvgIpc) is 2.39. The van der Waals surface area contributed by atoms with Crippen molar-refractivity contribution in [2.45, 2.75) is 0 Å². The average molecular weight is 239 g/mol. The maximum absolute atomic E-state index is 9.88. The fraction of sp³-hybridized carbons (Fsp3) is 0.125. The molecule has 0 bridgehead atoms. The molecule has 0 atom stereocenters. The number of nitrogens with zero attached hydrogens (tertiary/aromatic N) is 1. The third-order valence-electron chi connectivity index (χ3n) is 2.91. The molecule has 0 aliphatic carbocycles. The second-order valence-electron chi connectivity index (χ2n) is 4.16. The van der Waals surface area contributed by atoms with Crippen molar-refractivity contribution in [3.63, 3.8) is 0 Å². The molecule has 0 aliphatic rings. The number of hydrogen-bond donors (Lipinski definition) is 1. The van der Waals surface area contributed by atoms with Crippen molar-refractivity contribution in [2.75, 3.05) is 18.0 Å². The van der Waals surface area contributed by atoms with E-state index in [1.165, 1.54) is 0 Å². The number of anilines is 1. The van der Waals surface area contributed by atoms with Gasteiger partial charge in [0.1, 0.15) is 5.75 Å². The van der Waals surface area contributed by atoms with E-state index in [4.69, 9.17) is 0 Å². The minimum Gasteiger partial charge on any atom is -0.507 e. The first-order valence-corrected chi connectivity index (χ1v) is 5.94. The predicted octanol–water partition coefficient (Wildman–Crippen LogP) is 3.72. The Bertz CT molecular complexity index is 564. The molecule has 2 heteroatoms. The zero-order chi connectivity index (χ0) is 13.0. The minimum atomic E-state index is 0.312.